The first kappa shape index (κ1) is 16.1. The summed E-state index contributed by atoms with van der Waals surface area (Å²) in [7, 11) is 0. The Bertz CT molecular complexity index is 279. The van der Waals surface area contributed by atoms with Gasteiger partial charge in [-0.25, -0.2) is 4.79 Å². The molecule has 0 radical (unpaired) electrons. The van der Waals surface area contributed by atoms with Crippen molar-refractivity contribution in [2.45, 2.75) is 34.1 Å². The van der Waals surface area contributed by atoms with Gasteiger partial charge in [0.2, 0.25) is 0 Å². The van der Waals surface area contributed by atoms with Crippen LogP contribution < -0.4 is 0 Å². The third-order valence-corrected chi connectivity index (χ3v) is 2.43. The summed E-state index contributed by atoms with van der Waals surface area (Å²) >= 11 is 0. The molecule has 0 aliphatic rings. The lowest BCUT2D eigenvalue weighted by Crippen LogP contribution is -2.27. The quantitative estimate of drug-likeness (QED) is 0.526. The molecule has 0 fully saturated rings. The van der Waals surface area contributed by atoms with Gasteiger partial charge < -0.3 is 14.9 Å². The van der Waals surface area contributed by atoms with Crippen molar-refractivity contribution in [1.29, 1.82) is 0 Å². The number of aliphatic hydroxyl groups is 2. The standard InChI is InChI=1S/C13H24O4/c1-10(6-12(2,3)7-14)11(16)17-9-13(4,5)8-15/h14-15H,1,6-9H2,2-5H3. The van der Waals surface area contributed by atoms with Gasteiger partial charge in [0, 0.05) is 17.6 Å². The zero-order valence-corrected chi connectivity index (χ0v) is 11.2. The average Bonchev–Trinajstić information content (AvgIpc) is 2.25. The predicted octanol–water partition coefficient (Wildman–Crippen LogP) is 1.51. The molecule has 0 aromatic heterocycles. The maximum absolute atomic E-state index is 11.6. The van der Waals surface area contributed by atoms with Crippen LogP contribution in [0.4, 0.5) is 0 Å². The number of carbonyl (C=O) groups excluding carboxylic acids is 1. The Balaban J connectivity index is 4.21. The molecule has 0 saturated carbocycles. The van der Waals surface area contributed by atoms with E-state index in [9.17, 15) is 4.79 Å². The van der Waals surface area contributed by atoms with Crippen LogP contribution in [0.2, 0.25) is 0 Å². The molecule has 0 aliphatic heterocycles. The van der Waals surface area contributed by atoms with Gasteiger partial charge in [0.15, 0.2) is 0 Å². The van der Waals surface area contributed by atoms with Crippen molar-refractivity contribution in [3.8, 4) is 0 Å². The summed E-state index contributed by atoms with van der Waals surface area (Å²) in [5.74, 6) is -0.465. The molecule has 4 heteroatoms. The summed E-state index contributed by atoms with van der Waals surface area (Å²) in [6, 6.07) is 0. The topological polar surface area (TPSA) is 66.8 Å². The lowest BCUT2D eigenvalue weighted by molar-refractivity contribution is -0.143. The van der Waals surface area contributed by atoms with Gasteiger partial charge in [-0.15, -0.1) is 0 Å². The van der Waals surface area contributed by atoms with E-state index < -0.39 is 11.4 Å². The highest BCUT2D eigenvalue weighted by atomic mass is 16.5. The number of carbonyl (C=O) groups is 1. The highest BCUT2D eigenvalue weighted by molar-refractivity contribution is 5.87. The summed E-state index contributed by atoms with van der Waals surface area (Å²) in [6.45, 7) is 11.1. The van der Waals surface area contributed by atoms with E-state index in [0.29, 0.717) is 12.0 Å². The molecule has 0 rings (SSSR count). The fourth-order valence-corrected chi connectivity index (χ4v) is 1.11. The number of hydrogen-bond acceptors (Lipinski definition) is 4. The zero-order chi connectivity index (χ0) is 13.7. The minimum absolute atomic E-state index is 0.0125. The van der Waals surface area contributed by atoms with Crippen molar-refractivity contribution < 1.29 is 19.7 Å². The first-order valence-corrected chi connectivity index (χ1v) is 5.70. The van der Waals surface area contributed by atoms with Crippen LogP contribution in [0, 0.1) is 10.8 Å². The molecule has 0 atom stereocenters. The Labute approximate surface area is 103 Å². The molecular weight excluding hydrogens is 220 g/mol. The second kappa shape index (κ2) is 6.17. The third kappa shape index (κ3) is 6.44. The van der Waals surface area contributed by atoms with Crippen LogP contribution in [0.1, 0.15) is 34.1 Å². The van der Waals surface area contributed by atoms with Crippen LogP contribution in [-0.2, 0) is 9.53 Å². The smallest absolute Gasteiger partial charge is 0.333 e. The van der Waals surface area contributed by atoms with E-state index in [4.69, 9.17) is 14.9 Å². The maximum Gasteiger partial charge on any atom is 0.333 e. The van der Waals surface area contributed by atoms with E-state index in [1.54, 1.807) is 13.8 Å². The molecule has 0 aromatic carbocycles. The van der Waals surface area contributed by atoms with Crippen molar-refractivity contribution in [2.24, 2.45) is 10.8 Å². The molecule has 4 nitrogen and oxygen atoms in total. The molecule has 0 heterocycles. The van der Waals surface area contributed by atoms with Gasteiger partial charge >= 0.3 is 5.97 Å². The van der Waals surface area contributed by atoms with Crippen molar-refractivity contribution >= 4 is 5.97 Å². The van der Waals surface area contributed by atoms with Crippen LogP contribution in [0.5, 0.6) is 0 Å². The normalized spacial score (nSPS) is 12.4. The Morgan fingerprint density at radius 2 is 1.59 bits per heavy atom. The molecule has 0 spiro atoms. The first-order chi connectivity index (χ1) is 7.63. The number of esters is 1. The summed E-state index contributed by atoms with van der Waals surface area (Å²) in [6.07, 6.45) is 0.391. The predicted molar refractivity (Wildman–Crippen MR) is 66.4 cm³/mol. The minimum atomic E-state index is -0.465. The summed E-state index contributed by atoms with van der Waals surface area (Å²) < 4.78 is 5.07. The van der Waals surface area contributed by atoms with Crippen LogP contribution in [-0.4, -0.2) is 36.0 Å². The van der Waals surface area contributed by atoms with Gasteiger partial charge in [0.1, 0.15) is 0 Å². The van der Waals surface area contributed by atoms with Crippen LogP contribution in [0.15, 0.2) is 12.2 Å². The Morgan fingerprint density at radius 3 is 2.00 bits per heavy atom. The molecule has 0 amide bonds. The van der Waals surface area contributed by atoms with Crippen LogP contribution in [0.25, 0.3) is 0 Å². The largest absolute Gasteiger partial charge is 0.462 e. The Morgan fingerprint density at radius 1 is 1.12 bits per heavy atom. The van der Waals surface area contributed by atoms with Gasteiger partial charge in [0.05, 0.1) is 13.2 Å². The molecule has 0 unspecified atom stereocenters. The van der Waals surface area contributed by atoms with Gasteiger partial charge in [-0.3, -0.25) is 0 Å². The monoisotopic (exact) mass is 244 g/mol. The molecule has 0 bridgehead atoms. The molecule has 17 heavy (non-hydrogen) atoms. The summed E-state index contributed by atoms with van der Waals surface area (Å²) in [5, 5.41) is 18.1. The third-order valence-electron chi connectivity index (χ3n) is 2.43. The van der Waals surface area contributed by atoms with Crippen LogP contribution >= 0.6 is 0 Å². The maximum atomic E-state index is 11.6. The fraction of sp³-hybridized carbons (Fsp3) is 0.769. The highest BCUT2D eigenvalue weighted by Crippen LogP contribution is 2.24. The van der Waals surface area contributed by atoms with Gasteiger partial charge in [-0.2, -0.15) is 0 Å². The zero-order valence-electron chi connectivity index (χ0n) is 11.2. The van der Waals surface area contributed by atoms with Gasteiger partial charge in [0.25, 0.3) is 0 Å². The molecule has 2 N–H and O–H groups in total. The Kier molecular flexibility index (Phi) is 5.85. The van der Waals surface area contributed by atoms with Gasteiger partial charge in [-0.1, -0.05) is 34.3 Å². The highest BCUT2D eigenvalue weighted by Gasteiger charge is 2.24. The number of hydrogen-bond donors (Lipinski definition) is 2. The van der Waals surface area contributed by atoms with E-state index in [1.807, 2.05) is 13.8 Å². The first-order valence-electron chi connectivity index (χ1n) is 5.70. The second-order valence-corrected chi connectivity index (χ2v) is 6.00. The van der Waals surface area contributed by atoms with Crippen molar-refractivity contribution in [3.05, 3.63) is 12.2 Å². The van der Waals surface area contributed by atoms with Crippen molar-refractivity contribution in [1.82, 2.24) is 0 Å². The second-order valence-electron chi connectivity index (χ2n) is 6.00. The van der Waals surface area contributed by atoms with Gasteiger partial charge in [-0.05, 0) is 11.8 Å². The summed E-state index contributed by atoms with van der Waals surface area (Å²) in [5.41, 5.74) is -0.469. The van der Waals surface area contributed by atoms with E-state index in [-0.39, 0.29) is 25.2 Å². The molecule has 0 aliphatic carbocycles. The van der Waals surface area contributed by atoms with Crippen molar-refractivity contribution in [3.63, 3.8) is 0 Å². The van der Waals surface area contributed by atoms with E-state index in [1.165, 1.54) is 0 Å². The van der Waals surface area contributed by atoms with Crippen molar-refractivity contribution in [2.75, 3.05) is 19.8 Å². The van der Waals surface area contributed by atoms with E-state index in [0.717, 1.165) is 0 Å². The summed E-state index contributed by atoms with van der Waals surface area (Å²) in [4.78, 5) is 11.6. The molecular formula is C13H24O4. The molecule has 100 valence electrons. The number of rotatable bonds is 7. The number of aliphatic hydroxyl groups excluding tert-OH is 2. The van der Waals surface area contributed by atoms with Crippen LogP contribution in [0.3, 0.4) is 0 Å². The fourth-order valence-electron chi connectivity index (χ4n) is 1.11. The lowest BCUT2D eigenvalue weighted by Gasteiger charge is -2.24. The number of ether oxygens (including phenoxy) is 1. The SMILES string of the molecule is C=C(CC(C)(C)CO)C(=O)OCC(C)(C)CO. The average molecular weight is 244 g/mol. The van der Waals surface area contributed by atoms with E-state index >= 15 is 0 Å². The van der Waals surface area contributed by atoms with E-state index in [2.05, 4.69) is 6.58 Å². The molecule has 0 saturated heterocycles. The minimum Gasteiger partial charge on any atom is -0.462 e. The lowest BCUT2D eigenvalue weighted by atomic mass is 9.87. The Hall–Kier alpha value is -0.870. The molecule has 0 aromatic rings.